The lowest BCUT2D eigenvalue weighted by atomic mass is 9.94. The summed E-state index contributed by atoms with van der Waals surface area (Å²) in [6.45, 7) is 0. The molecule has 5 heteroatoms. The van der Waals surface area contributed by atoms with Gasteiger partial charge in [0.2, 0.25) is 5.95 Å². The van der Waals surface area contributed by atoms with E-state index in [0.29, 0.717) is 17.6 Å². The van der Waals surface area contributed by atoms with Crippen LogP contribution in [-0.2, 0) is 0 Å². The topological polar surface area (TPSA) is 48.5 Å². The van der Waals surface area contributed by atoms with Crippen LogP contribution < -0.4 is 0 Å². The highest BCUT2D eigenvalue weighted by Gasteiger charge is 2.23. The van der Waals surface area contributed by atoms with Gasteiger partial charge in [-0.3, -0.25) is 4.57 Å². The van der Waals surface area contributed by atoms with Crippen LogP contribution in [0, 0.1) is 0 Å². The summed E-state index contributed by atoms with van der Waals surface area (Å²) in [4.78, 5) is 15.8. The van der Waals surface area contributed by atoms with Crippen LogP contribution in [0.15, 0.2) is 212 Å². The fourth-order valence-electron chi connectivity index (χ4n) is 9.78. The van der Waals surface area contributed by atoms with E-state index in [4.69, 9.17) is 15.0 Å². The van der Waals surface area contributed by atoms with Crippen molar-refractivity contribution in [3.63, 3.8) is 0 Å². The zero-order valence-corrected chi connectivity index (χ0v) is 33.4. The van der Waals surface area contributed by atoms with Crippen LogP contribution in [0.1, 0.15) is 0 Å². The van der Waals surface area contributed by atoms with Crippen molar-refractivity contribution >= 4 is 75.9 Å². The Balaban J connectivity index is 1.10. The predicted octanol–water partition coefficient (Wildman–Crippen LogP) is 14.5. The molecule has 288 valence electrons. The summed E-state index contributed by atoms with van der Waals surface area (Å²) in [5, 5.41) is 12.1. The maximum absolute atomic E-state index is 5.35. The SMILES string of the molecule is c1ccc(-c2ccc(-c3nc(-c4ccccc4)nc(-n4c5ccccc5c5ccc6c(c7ccccc7n6-c6ccc7c8ccccc8c8ccccc8c7c6)c54)n3)cc2)cc1. The average molecular weight is 790 g/mol. The molecule has 0 unspecified atom stereocenters. The lowest BCUT2D eigenvalue weighted by molar-refractivity contribution is 0.955. The maximum Gasteiger partial charge on any atom is 0.238 e. The molecule has 0 fully saturated rings. The van der Waals surface area contributed by atoms with Crippen molar-refractivity contribution < 1.29 is 0 Å². The lowest BCUT2D eigenvalue weighted by Crippen LogP contribution is -2.06. The highest BCUT2D eigenvalue weighted by Crippen LogP contribution is 2.43. The minimum absolute atomic E-state index is 0.570. The molecule has 0 aliphatic heterocycles. The van der Waals surface area contributed by atoms with Gasteiger partial charge in [0.05, 0.1) is 22.1 Å². The smallest absolute Gasteiger partial charge is 0.238 e. The third kappa shape index (κ3) is 5.18. The molecule has 0 saturated carbocycles. The Kier molecular flexibility index (Phi) is 7.54. The zero-order valence-electron chi connectivity index (χ0n) is 33.4. The summed E-state index contributed by atoms with van der Waals surface area (Å²) in [6.07, 6.45) is 0. The van der Waals surface area contributed by atoms with E-state index >= 15 is 0 Å². The van der Waals surface area contributed by atoms with E-state index in [1.807, 2.05) is 24.3 Å². The Morgan fingerprint density at radius 3 is 1.37 bits per heavy atom. The Hall–Kier alpha value is -8.41. The van der Waals surface area contributed by atoms with Gasteiger partial charge in [0, 0.05) is 38.4 Å². The van der Waals surface area contributed by atoms with Gasteiger partial charge in [-0.1, -0.05) is 182 Å². The van der Waals surface area contributed by atoms with Gasteiger partial charge < -0.3 is 4.57 Å². The van der Waals surface area contributed by atoms with E-state index in [1.54, 1.807) is 0 Å². The van der Waals surface area contributed by atoms with E-state index in [1.165, 1.54) is 37.9 Å². The normalized spacial score (nSPS) is 11.9. The molecule has 0 aliphatic rings. The summed E-state index contributed by atoms with van der Waals surface area (Å²) in [5.74, 6) is 1.81. The molecule has 13 aromatic rings. The van der Waals surface area contributed by atoms with Gasteiger partial charge >= 0.3 is 0 Å². The van der Waals surface area contributed by atoms with Crippen molar-refractivity contribution in [2.75, 3.05) is 0 Å². The number of aromatic nitrogens is 5. The summed E-state index contributed by atoms with van der Waals surface area (Å²) in [5.41, 5.74) is 9.61. The molecule has 3 aromatic heterocycles. The molecule has 0 spiro atoms. The van der Waals surface area contributed by atoms with Crippen molar-refractivity contribution in [2.24, 2.45) is 0 Å². The van der Waals surface area contributed by atoms with Gasteiger partial charge in [-0.2, -0.15) is 9.97 Å². The summed E-state index contributed by atoms with van der Waals surface area (Å²) >= 11 is 0. The molecule has 0 aliphatic carbocycles. The van der Waals surface area contributed by atoms with E-state index < -0.39 is 0 Å². The minimum atomic E-state index is 0.570. The highest BCUT2D eigenvalue weighted by atomic mass is 15.2. The largest absolute Gasteiger partial charge is 0.309 e. The van der Waals surface area contributed by atoms with Crippen molar-refractivity contribution in [3.05, 3.63) is 212 Å². The zero-order chi connectivity index (χ0) is 40.7. The third-order valence-electron chi connectivity index (χ3n) is 12.6. The Morgan fingerprint density at radius 1 is 0.274 bits per heavy atom. The van der Waals surface area contributed by atoms with E-state index in [0.717, 1.165) is 66.0 Å². The van der Waals surface area contributed by atoms with Gasteiger partial charge in [-0.05, 0) is 73.8 Å². The molecule has 62 heavy (non-hydrogen) atoms. The summed E-state index contributed by atoms with van der Waals surface area (Å²) in [7, 11) is 0. The monoisotopic (exact) mass is 789 g/mol. The molecule has 13 rings (SSSR count). The predicted molar refractivity (Wildman–Crippen MR) is 257 cm³/mol. The Labute approximate surface area is 356 Å². The molecular formula is C57H35N5. The second kappa shape index (κ2) is 13.6. The van der Waals surface area contributed by atoms with Crippen molar-refractivity contribution in [1.29, 1.82) is 0 Å². The number of para-hydroxylation sites is 2. The van der Waals surface area contributed by atoms with Gasteiger partial charge in [-0.25, -0.2) is 4.98 Å². The number of rotatable bonds is 5. The van der Waals surface area contributed by atoms with Crippen LogP contribution in [0.3, 0.4) is 0 Å². The first-order valence-electron chi connectivity index (χ1n) is 21.0. The average Bonchev–Trinajstić information content (AvgIpc) is 3.87. The first-order valence-corrected chi connectivity index (χ1v) is 21.0. The molecule has 3 heterocycles. The molecule has 0 N–H and O–H groups in total. The van der Waals surface area contributed by atoms with Crippen LogP contribution in [0.2, 0.25) is 0 Å². The van der Waals surface area contributed by atoms with Gasteiger partial charge in [0.15, 0.2) is 11.6 Å². The molecule has 0 atom stereocenters. The van der Waals surface area contributed by atoms with Gasteiger partial charge in [-0.15, -0.1) is 0 Å². The third-order valence-corrected chi connectivity index (χ3v) is 12.6. The number of hydrogen-bond donors (Lipinski definition) is 0. The van der Waals surface area contributed by atoms with Crippen LogP contribution in [0.5, 0.6) is 0 Å². The quantitative estimate of drug-likeness (QED) is 0.163. The van der Waals surface area contributed by atoms with E-state index in [2.05, 4.69) is 197 Å². The first kappa shape index (κ1) is 34.5. The standard InChI is InChI=1S/C57H35N5/c1-3-15-36(16-4-1)37-27-29-39(30-28-37)56-58-55(38-17-5-2-6-18-38)59-57(60-56)62-50-25-13-11-23-46(50)47-33-34-52-53(54(47)62)48-24-12-14-26-51(48)61(52)40-31-32-45-43-21-8-7-19-41(43)42-20-9-10-22-44(42)49(45)35-40/h1-35H. The van der Waals surface area contributed by atoms with Crippen molar-refractivity contribution in [3.8, 4) is 45.5 Å². The van der Waals surface area contributed by atoms with Crippen LogP contribution >= 0.6 is 0 Å². The fourth-order valence-corrected chi connectivity index (χ4v) is 9.78. The second-order valence-electron chi connectivity index (χ2n) is 16.0. The number of nitrogens with zero attached hydrogens (tertiary/aromatic N) is 5. The summed E-state index contributed by atoms with van der Waals surface area (Å²) < 4.78 is 4.69. The number of fused-ring (bicyclic) bond motifs is 13. The van der Waals surface area contributed by atoms with Crippen LogP contribution in [-0.4, -0.2) is 24.1 Å². The molecule has 10 aromatic carbocycles. The van der Waals surface area contributed by atoms with Gasteiger partial charge in [0.25, 0.3) is 0 Å². The van der Waals surface area contributed by atoms with Crippen molar-refractivity contribution in [2.45, 2.75) is 0 Å². The maximum atomic E-state index is 5.35. The Bertz CT molecular complexity index is 3870. The number of hydrogen-bond acceptors (Lipinski definition) is 3. The lowest BCUT2D eigenvalue weighted by Gasteiger charge is -2.14. The summed E-state index contributed by atoms with van der Waals surface area (Å²) in [6, 6.07) is 75.6. The molecule has 0 radical (unpaired) electrons. The molecule has 5 nitrogen and oxygen atoms in total. The minimum Gasteiger partial charge on any atom is -0.309 e. The molecule has 0 bridgehead atoms. The first-order chi connectivity index (χ1) is 30.8. The fraction of sp³-hybridized carbons (Fsp3) is 0. The number of benzene rings is 10. The van der Waals surface area contributed by atoms with E-state index in [9.17, 15) is 0 Å². The van der Waals surface area contributed by atoms with Crippen LogP contribution in [0.25, 0.3) is 121 Å². The molecular weight excluding hydrogens is 755 g/mol. The van der Waals surface area contributed by atoms with Crippen molar-refractivity contribution in [1.82, 2.24) is 24.1 Å². The molecule has 0 amide bonds. The van der Waals surface area contributed by atoms with Gasteiger partial charge in [0.1, 0.15) is 0 Å². The van der Waals surface area contributed by atoms with Crippen LogP contribution in [0.4, 0.5) is 0 Å². The highest BCUT2D eigenvalue weighted by molar-refractivity contribution is 6.27. The molecule has 0 saturated heterocycles. The Morgan fingerprint density at radius 2 is 0.726 bits per heavy atom. The van der Waals surface area contributed by atoms with E-state index in [-0.39, 0.29) is 0 Å². The second-order valence-corrected chi connectivity index (χ2v) is 16.0.